The number of nitrogens with zero attached hydrogens (tertiary/aromatic N) is 4. The van der Waals surface area contributed by atoms with E-state index < -0.39 is 5.97 Å². The van der Waals surface area contributed by atoms with Crippen LogP contribution >= 0.6 is 11.3 Å². The minimum absolute atomic E-state index is 0.0558. The summed E-state index contributed by atoms with van der Waals surface area (Å²) in [7, 11) is 0. The van der Waals surface area contributed by atoms with Crippen LogP contribution in [-0.4, -0.2) is 64.5 Å². The number of H-pyrrole nitrogens is 1. The number of carbonyl (C=O) groups excluding carboxylic acids is 2. The number of rotatable bonds is 6. The van der Waals surface area contributed by atoms with Crippen molar-refractivity contribution in [1.29, 1.82) is 0 Å². The zero-order valence-corrected chi connectivity index (χ0v) is 19.7. The fraction of sp³-hybridized carbons (Fsp3) is 0.458. The van der Waals surface area contributed by atoms with Gasteiger partial charge in [-0.1, -0.05) is 6.07 Å². The highest BCUT2D eigenvalue weighted by molar-refractivity contribution is 7.18. The van der Waals surface area contributed by atoms with Crippen LogP contribution in [0.3, 0.4) is 0 Å². The first-order valence-electron chi connectivity index (χ1n) is 11.7. The Hall–Kier alpha value is -3.27. The molecule has 1 N–H and O–H groups in total. The van der Waals surface area contributed by atoms with Crippen molar-refractivity contribution in [1.82, 2.24) is 19.9 Å². The van der Waals surface area contributed by atoms with E-state index in [4.69, 9.17) is 4.74 Å². The number of aromatic nitrogens is 3. The molecule has 3 aromatic heterocycles. The lowest BCUT2D eigenvalue weighted by atomic mass is 9.97. The third-order valence-electron chi connectivity index (χ3n) is 6.40. The van der Waals surface area contributed by atoms with Gasteiger partial charge in [-0.2, -0.15) is 0 Å². The van der Waals surface area contributed by atoms with Gasteiger partial charge in [0.2, 0.25) is 0 Å². The molecule has 178 valence electrons. The molecule has 0 spiro atoms. The summed E-state index contributed by atoms with van der Waals surface area (Å²) in [6.45, 7) is 2.21. The lowest BCUT2D eigenvalue weighted by Crippen LogP contribution is -2.50. The highest BCUT2D eigenvalue weighted by atomic mass is 32.1. The van der Waals surface area contributed by atoms with E-state index in [1.165, 1.54) is 4.88 Å². The molecule has 1 amide bonds. The number of hydrogen-bond acceptors (Lipinski definition) is 8. The van der Waals surface area contributed by atoms with Crippen molar-refractivity contribution >= 4 is 39.2 Å². The quantitative estimate of drug-likeness (QED) is 0.537. The lowest BCUT2D eigenvalue weighted by molar-refractivity contribution is -0.152. The Balaban J connectivity index is 1.10. The molecule has 10 heteroatoms. The largest absolute Gasteiger partial charge is 0.456 e. The number of aromatic amines is 1. The molecule has 1 saturated heterocycles. The van der Waals surface area contributed by atoms with Gasteiger partial charge in [-0.3, -0.25) is 14.4 Å². The van der Waals surface area contributed by atoms with E-state index in [0.717, 1.165) is 41.9 Å². The van der Waals surface area contributed by atoms with Crippen LogP contribution in [0.15, 0.2) is 29.2 Å². The Kier molecular flexibility index (Phi) is 6.57. The highest BCUT2D eigenvalue weighted by Crippen LogP contribution is 2.33. The van der Waals surface area contributed by atoms with E-state index in [9.17, 15) is 14.4 Å². The average molecular weight is 482 g/mol. The van der Waals surface area contributed by atoms with E-state index >= 15 is 0 Å². The average Bonchev–Trinajstić information content (AvgIpc) is 3.25. The van der Waals surface area contributed by atoms with Gasteiger partial charge in [-0.15, -0.1) is 11.3 Å². The summed E-state index contributed by atoms with van der Waals surface area (Å²) in [5.74, 6) is 0.693. The number of carbonyl (C=O) groups is 2. The predicted octanol–water partition coefficient (Wildman–Crippen LogP) is 2.08. The number of nitrogens with one attached hydrogen (secondary N) is 1. The van der Waals surface area contributed by atoms with Crippen LogP contribution in [0.2, 0.25) is 0 Å². The maximum absolute atomic E-state index is 12.6. The fourth-order valence-electron chi connectivity index (χ4n) is 4.58. The van der Waals surface area contributed by atoms with Crippen LogP contribution < -0.4 is 10.5 Å². The fourth-order valence-corrected chi connectivity index (χ4v) is 5.86. The van der Waals surface area contributed by atoms with E-state index in [-0.39, 0.29) is 30.9 Å². The van der Waals surface area contributed by atoms with E-state index in [1.807, 2.05) is 18.2 Å². The van der Waals surface area contributed by atoms with Crippen molar-refractivity contribution in [3.63, 3.8) is 0 Å². The van der Waals surface area contributed by atoms with Crippen LogP contribution in [0.4, 0.5) is 5.82 Å². The highest BCUT2D eigenvalue weighted by Gasteiger charge is 2.23. The van der Waals surface area contributed by atoms with Crippen LogP contribution in [0, 0.1) is 0 Å². The third kappa shape index (κ3) is 4.82. The Morgan fingerprint density at radius 1 is 1.12 bits per heavy atom. The molecule has 9 nitrogen and oxygen atoms in total. The number of amides is 1. The van der Waals surface area contributed by atoms with Gasteiger partial charge in [0, 0.05) is 43.7 Å². The van der Waals surface area contributed by atoms with E-state index in [1.54, 1.807) is 22.4 Å². The molecular formula is C24H27N5O4S. The van der Waals surface area contributed by atoms with Gasteiger partial charge in [0.1, 0.15) is 16.5 Å². The monoisotopic (exact) mass is 481 g/mol. The summed E-state index contributed by atoms with van der Waals surface area (Å²) < 4.78 is 5.20. The van der Waals surface area contributed by atoms with Crippen molar-refractivity contribution < 1.29 is 14.3 Å². The number of aryl methyl sites for hydroxylation is 3. The smallest absolute Gasteiger partial charge is 0.306 e. The Bertz CT molecular complexity index is 1250. The zero-order chi connectivity index (χ0) is 23.5. The minimum Gasteiger partial charge on any atom is -0.456 e. The number of pyridine rings is 1. The van der Waals surface area contributed by atoms with Crippen molar-refractivity contribution in [3.8, 4) is 0 Å². The van der Waals surface area contributed by atoms with Crippen molar-refractivity contribution in [2.45, 2.75) is 38.5 Å². The molecular weight excluding hydrogens is 454 g/mol. The summed E-state index contributed by atoms with van der Waals surface area (Å²) in [5, 5.41) is 0.708. The topological polar surface area (TPSA) is 108 Å². The number of anilines is 1. The first kappa shape index (κ1) is 22.5. The van der Waals surface area contributed by atoms with Crippen molar-refractivity contribution in [2.75, 3.05) is 37.7 Å². The summed E-state index contributed by atoms with van der Waals surface area (Å²) in [6, 6.07) is 5.76. The van der Waals surface area contributed by atoms with Crippen LogP contribution in [0.5, 0.6) is 0 Å². The number of fused-ring (bicyclic) bond motifs is 3. The second-order valence-electron chi connectivity index (χ2n) is 8.62. The van der Waals surface area contributed by atoms with Crippen LogP contribution in [0.1, 0.15) is 35.5 Å². The Labute approximate surface area is 200 Å². The van der Waals surface area contributed by atoms with Crippen molar-refractivity contribution in [2.24, 2.45) is 0 Å². The van der Waals surface area contributed by atoms with Gasteiger partial charge in [0.25, 0.3) is 11.5 Å². The number of hydrogen-bond donors (Lipinski definition) is 1. The molecule has 0 atom stereocenters. The molecule has 2 aliphatic rings. The van der Waals surface area contributed by atoms with Gasteiger partial charge in [0.15, 0.2) is 6.61 Å². The third-order valence-corrected chi connectivity index (χ3v) is 7.59. The maximum atomic E-state index is 12.6. The summed E-state index contributed by atoms with van der Waals surface area (Å²) >= 11 is 1.59. The molecule has 5 rings (SSSR count). The Morgan fingerprint density at radius 2 is 1.94 bits per heavy atom. The molecule has 3 aromatic rings. The second-order valence-corrected chi connectivity index (χ2v) is 9.70. The molecule has 0 bridgehead atoms. The molecule has 34 heavy (non-hydrogen) atoms. The SMILES string of the molecule is O=C(CCc1nc2sc3c(c2c(=O)[nH]1)CCCC3)OCC(=O)N1CCN(c2ccccn2)CC1. The van der Waals surface area contributed by atoms with Crippen molar-refractivity contribution in [3.05, 3.63) is 51.0 Å². The first-order valence-corrected chi connectivity index (χ1v) is 12.5. The van der Waals surface area contributed by atoms with Crippen LogP contribution in [-0.2, 0) is 33.6 Å². The predicted molar refractivity (Wildman–Crippen MR) is 129 cm³/mol. The normalized spacial score (nSPS) is 15.9. The molecule has 0 radical (unpaired) electrons. The Morgan fingerprint density at radius 3 is 2.74 bits per heavy atom. The minimum atomic E-state index is -0.478. The number of piperazine rings is 1. The second kappa shape index (κ2) is 9.92. The van der Waals surface area contributed by atoms with Gasteiger partial charge in [-0.25, -0.2) is 9.97 Å². The number of esters is 1. The summed E-state index contributed by atoms with van der Waals surface area (Å²) in [5.41, 5.74) is 1.01. The van der Waals surface area contributed by atoms with Gasteiger partial charge < -0.3 is 19.5 Å². The summed E-state index contributed by atoms with van der Waals surface area (Å²) in [6.07, 6.45) is 6.26. The number of thiophene rings is 1. The molecule has 4 heterocycles. The maximum Gasteiger partial charge on any atom is 0.306 e. The molecule has 1 aliphatic heterocycles. The zero-order valence-electron chi connectivity index (χ0n) is 18.9. The first-order chi connectivity index (χ1) is 16.6. The standard InChI is InChI=1S/C24H27N5O4S/c30-20(29-13-11-28(12-14-29)19-7-3-4-10-25-19)15-33-21(31)9-8-18-26-23(32)22-16-5-1-2-6-17(16)34-24(22)27-18/h3-4,7,10H,1-2,5-6,8-9,11-15H2,(H,26,27,32). The molecule has 1 fully saturated rings. The van der Waals surface area contributed by atoms with Crippen LogP contribution in [0.25, 0.3) is 10.2 Å². The molecule has 0 unspecified atom stereocenters. The molecule has 0 saturated carbocycles. The van der Waals surface area contributed by atoms with E-state index in [0.29, 0.717) is 37.4 Å². The van der Waals surface area contributed by atoms with E-state index in [2.05, 4.69) is 19.9 Å². The molecule has 1 aliphatic carbocycles. The number of ether oxygens (including phenoxy) is 1. The molecule has 0 aromatic carbocycles. The van der Waals surface area contributed by atoms with Gasteiger partial charge in [-0.05, 0) is 43.4 Å². The summed E-state index contributed by atoms with van der Waals surface area (Å²) in [4.78, 5) is 54.9. The van der Waals surface area contributed by atoms with Gasteiger partial charge >= 0.3 is 5.97 Å². The van der Waals surface area contributed by atoms with Gasteiger partial charge in [0.05, 0.1) is 11.8 Å². The lowest BCUT2D eigenvalue weighted by Gasteiger charge is -2.35.